The summed E-state index contributed by atoms with van der Waals surface area (Å²) >= 11 is 0. The number of aryl methyl sites for hydroxylation is 3. The van der Waals surface area contributed by atoms with Gasteiger partial charge in [-0.1, -0.05) is 26.0 Å². The second kappa shape index (κ2) is 12.0. The minimum absolute atomic E-state index is 0.0252. The maximum Gasteiger partial charge on any atom is 0.435 e. The summed E-state index contributed by atoms with van der Waals surface area (Å²) < 4.78 is 49.7. The Labute approximate surface area is 225 Å². The first-order chi connectivity index (χ1) is 18.6. The Bertz CT molecular complexity index is 1430. The summed E-state index contributed by atoms with van der Waals surface area (Å²) in [4.78, 5) is 21.7. The number of benzene rings is 1. The van der Waals surface area contributed by atoms with Gasteiger partial charge in [-0.05, 0) is 43.4 Å². The molecule has 0 aliphatic carbocycles. The zero-order valence-corrected chi connectivity index (χ0v) is 22.6. The summed E-state index contributed by atoms with van der Waals surface area (Å²) in [6.07, 6.45) is 3.39. The number of nitrogens with zero attached hydrogens (tertiary/aromatic N) is 5. The van der Waals surface area contributed by atoms with Crippen molar-refractivity contribution in [1.82, 2.24) is 29.5 Å². The third-order valence-electron chi connectivity index (χ3n) is 6.33. The van der Waals surface area contributed by atoms with Crippen molar-refractivity contribution in [2.75, 3.05) is 19.8 Å². The molecule has 8 nitrogen and oxygen atoms in total. The Hall–Kier alpha value is -3.73. The van der Waals surface area contributed by atoms with E-state index >= 15 is 0 Å². The second-order valence-electron chi connectivity index (χ2n) is 9.51. The second-order valence-corrected chi connectivity index (χ2v) is 9.51. The zero-order chi connectivity index (χ0) is 28.2. The minimum Gasteiger partial charge on any atom is -0.380 e. The van der Waals surface area contributed by atoms with E-state index in [1.165, 1.54) is 17.1 Å². The van der Waals surface area contributed by atoms with E-state index in [4.69, 9.17) is 4.74 Å². The fourth-order valence-corrected chi connectivity index (χ4v) is 4.74. The van der Waals surface area contributed by atoms with Gasteiger partial charge in [-0.15, -0.1) is 0 Å². The first kappa shape index (κ1) is 28.3. The average molecular weight is 543 g/mol. The Morgan fingerprint density at radius 3 is 2.49 bits per heavy atom. The Kier molecular flexibility index (Phi) is 8.69. The van der Waals surface area contributed by atoms with E-state index in [0.29, 0.717) is 61.7 Å². The molecule has 0 aliphatic rings. The van der Waals surface area contributed by atoms with Gasteiger partial charge in [0.2, 0.25) is 0 Å². The van der Waals surface area contributed by atoms with E-state index in [-0.39, 0.29) is 11.5 Å². The SMILES string of the molecule is CCCOCCNC(=O)c1c(C)cc(Cc2nccn3c(-c4cn(CCC)nc4C(F)(F)F)cnc23)cc1C. The maximum absolute atomic E-state index is 13.8. The van der Waals surface area contributed by atoms with E-state index < -0.39 is 11.9 Å². The Morgan fingerprint density at radius 2 is 1.82 bits per heavy atom. The van der Waals surface area contributed by atoms with Gasteiger partial charge in [-0.25, -0.2) is 4.98 Å². The van der Waals surface area contributed by atoms with Crippen LogP contribution in [-0.2, 0) is 23.9 Å². The van der Waals surface area contributed by atoms with Gasteiger partial charge in [-0.3, -0.25) is 18.9 Å². The lowest BCUT2D eigenvalue weighted by Crippen LogP contribution is -2.28. The van der Waals surface area contributed by atoms with Gasteiger partial charge in [0.15, 0.2) is 11.3 Å². The molecule has 0 fully saturated rings. The Morgan fingerprint density at radius 1 is 1.08 bits per heavy atom. The van der Waals surface area contributed by atoms with Crippen molar-refractivity contribution in [3.05, 3.63) is 70.6 Å². The maximum atomic E-state index is 13.8. The van der Waals surface area contributed by atoms with Gasteiger partial charge in [0.1, 0.15) is 0 Å². The highest BCUT2D eigenvalue weighted by atomic mass is 19.4. The number of halogens is 3. The van der Waals surface area contributed by atoms with Crippen LogP contribution in [0.15, 0.2) is 36.9 Å². The summed E-state index contributed by atoms with van der Waals surface area (Å²) in [5.74, 6) is -0.154. The van der Waals surface area contributed by atoms with Crippen LogP contribution in [0.1, 0.15) is 65.1 Å². The van der Waals surface area contributed by atoms with Crippen molar-refractivity contribution in [2.24, 2.45) is 0 Å². The number of hydrogen-bond acceptors (Lipinski definition) is 5. The van der Waals surface area contributed by atoms with Crippen LogP contribution in [0.2, 0.25) is 0 Å². The van der Waals surface area contributed by atoms with Crippen molar-refractivity contribution in [2.45, 2.75) is 59.7 Å². The molecule has 1 N–H and O–H groups in total. The zero-order valence-electron chi connectivity index (χ0n) is 22.6. The molecular formula is C28H33F3N6O2. The van der Waals surface area contributed by atoms with Crippen molar-refractivity contribution >= 4 is 11.6 Å². The third-order valence-corrected chi connectivity index (χ3v) is 6.33. The van der Waals surface area contributed by atoms with Crippen LogP contribution in [0.25, 0.3) is 16.9 Å². The van der Waals surface area contributed by atoms with Gasteiger partial charge in [-0.2, -0.15) is 18.3 Å². The minimum atomic E-state index is -4.60. The number of carbonyl (C=O) groups excluding carboxylic acids is 1. The number of amides is 1. The van der Waals surface area contributed by atoms with Crippen LogP contribution < -0.4 is 5.32 Å². The molecule has 0 saturated heterocycles. The van der Waals surface area contributed by atoms with Crippen LogP contribution in [0.5, 0.6) is 0 Å². The lowest BCUT2D eigenvalue weighted by molar-refractivity contribution is -0.141. The summed E-state index contributed by atoms with van der Waals surface area (Å²) in [6, 6.07) is 3.86. The summed E-state index contributed by atoms with van der Waals surface area (Å²) in [5.41, 5.74) is 3.60. The van der Waals surface area contributed by atoms with Crippen LogP contribution >= 0.6 is 0 Å². The lowest BCUT2D eigenvalue weighted by atomic mass is 9.96. The van der Waals surface area contributed by atoms with E-state index in [2.05, 4.69) is 20.4 Å². The molecule has 1 aromatic carbocycles. The monoisotopic (exact) mass is 542 g/mol. The van der Waals surface area contributed by atoms with Crippen LogP contribution in [0, 0.1) is 13.8 Å². The van der Waals surface area contributed by atoms with Gasteiger partial charge in [0.25, 0.3) is 5.91 Å². The molecule has 0 aliphatic heterocycles. The molecule has 39 heavy (non-hydrogen) atoms. The molecule has 0 unspecified atom stereocenters. The highest BCUT2D eigenvalue weighted by Gasteiger charge is 2.38. The standard InChI is InChI=1S/C28H33F3N6O2/c1-5-9-36-17-21(25(35-36)28(29,30)31)23-16-34-26-22(32-7-10-37(23)26)15-20-13-18(3)24(19(4)14-20)27(38)33-8-12-39-11-6-2/h7,10,13-14,16-17H,5-6,8-9,11-12,15H2,1-4H3,(H,33,38). The van der Waals surface area contributed by atoms with Crippen molar-refractivity contribution < 1.29 is 22.7 Å². The molecule has 0 saturated carbocycles. The predicted octanol–water partition coefficient (Wildman–Crippen LogP) is 5.39. The molecule has 0 bridgehead atoms. The number of nitrogens with one attached hydrogen (secondary N) is 1. The fraction of sp³-hybridized carbons (Fsp3) is 0.429. The van der Waals surface area contributed by atoms with Crippen LogP contribution in [0.3, 0.4) is 0 Å². The molecule has 4 aromatic rings. The lowest BCUT2D eigenvalue weighted by Gasteiger charge is -2.13. The number of fused-ring (bicyclic) bond motifs is 1. The van der Waals surface area contributed by atoms with Gasteiger partial charge >= 0.3 is 6.18 Å². The molecule has 3 aromatic heterocycles. The van der Waals surface area contributed by atoms with Crippen molar-refractivity contribution in [1.29, 1.82) is 0 Å². The molecule has 208 valence electrons. The highest BCUT2D eigenvalue weighted by Crippen LogP contribution is 2.36. The third kappa shape index (κ3) is 6.30. The normalized spacial score (nSPS) is 11.9. The molecule has 0 radical (unpaired) electrons. The van der Waals surface area contributed by atoms with Gasteiger partial charge in [0.05, 0.1) is 29.8 Å². The first-order valence-electron chi connectivity index (χ1n) is 13.1. The van der Waals surface area contributed by atoms with E-state index in [9.17, 15) is 18.0 Å². The van der Waals surface area contributed by atoms with Crippen molar-refractivity contribution in [3.63, 3.8) is 0 Å². The van der Waals surface area contributed by atoms with Crippen LogP contribution in [0.4, 0.5) is 13.2 Å². The number of hydrogen-bond donors (Lipinski definition) is 1. The van der Waals surface area contributed by atoms with Gasteiger partial charge < -0.3 is 10.1 Å². The van der Waals surface area contributed by atoms with Gasteiger partial charge in [0, 0.05) is 50.3 Å². The average Bonchev–Trinajstić information content (AvgIpc) is 3.48. The molecule has 11 heteroatoms. The summed E-state index contributed by atoms with van der Waals surface area (Å²) in [6.45, 7) is 9.61. The molecule has 4 rings (SSSR count). The molecule has 0 spiro atoms. The number of alkyl halides is 3. The van der Waals surface area contributed by atoms with E-state index in [1.807, 2.05) is 39.8 Å². The van der Waals surface area contributed by atoms with E-state index in [0.717, 1.165) is 23.1 Å². The summed E-state index contributed by atoms with van der Waals surface area (Å²) in [7, 11) is 0. The number of imidazole rings is 1. The Balaban J connectivity index is 1.61. The van der Waals surface area contributed by atoms with Crippen LogP contribution in [-0.4, -0.2) is 49.8 Å². The predicted molar refractivity (Wildman–Crippen MR) is 142 cm³/mol. The largest absolute Gasteiger partial charge is 0.435 e. The quantitative estimate of drug-likeness (QED) is 0.257. The number of carbonyl (C=O) groups is 1. The topological polar surface area (TPSA) is 86.3 Å². The molecule has 0 atom stereocenters. The molecular weight excluding hydrogens is 509 g/mol. The smallest absolute Gasteiger partial charge is 0.380 e. The highest BCUT2D eigenvalue weighted by molar-refractivity contribution is 5.97. The first-order valence-corrected chi connectivity index (χ1v) is 13.1. The summed E-state index contributed by atoms with van der Waals surface area (Å²) in [5, 5.41) is 6.69. The molecule has 3 heterocycles. The van der Waals surface area contributed by atoms with Crippen molar-refractivity contribution in [3.8, 4) is 11.3 Å². The van der Waals surface area contributed by atoms with E-state index in [1.54, 1.807) is 16.8 Å². The molecule has 1 amide bonds. The fourth-order valence-electron chi connectivity index (χ4n) is 4.74. The number of aromatic nitrogens is 5. The number of ether oxygens (including phenoxy) is 1. The number of rotatable bonds is 11.